The van der Waals surface area contributed by atoms with Gasteiger partial charge in [0.05, 0.1) is 16.9 Å². The number of tetrazole rings is 1. The lowest BCUT2D eigenvalue weighted by Gasteiger charge is -2.10. The monoisotopic (exact) mass is 254 g/mol. The van der Waals surface area contributed by atoms with Crippen molar-refractivity contribution in [2.24, 2.45) is 0 Å². The second-order valence-corrected chi connectivity index (χ2v) is 4.68. The Labute approximate surface area is 110 Å². The molecule has 0 saturated carbocycles. The van der Waals surface area contributed by atoms with E-state index in [4.69, 9.17) is 5.73 Å². The molecule has 2 N–H and O–H groups in total. The minimum Gasteiger partial charge on any atom is -0.397 e. The van der Waals surface area contributed by atoms with E-state index in [0.717, 1.165) is 22.4 Å². The molecule has 0 aliphatic rings. The van der Waals surface area contributed by atoms with Gasteiger partial charge in [-0.3, -0.25) is 4.98 Å². The molecule has 1 aromatic carbocycles. The van der Waals surface area contributed by atoms with E-state index in [2.05, 4.69) is 34.4 Å². The highest BCUT2D eigenvalue weighted by molar-refractivity contribution is 5.95. The standard InChI is InChI=1S/C13H14N6/c1-8(2)13-16-17-18-19(13)11-6-5-10(14)12-9(11)4-3-7-15-12/h3-8H,14H2,1-2H3. The van der Waals surface area contributed by atoms with Crippen LogP contribution in [0.2, 0.25) is 0 Å². The lowest BCUT2D eigenvalue weighted by molar-refractivity contribution is 0.713. The van der Waals surface area contributed by atoms with Crippen molar-refractivity contribution in [2.45, 2.75) is 19.8 Å². The van der Waals surface area contributed by atoms with Crippen LogP contribution in [0.15, 0.2) is 30.5 Å². The second kappa shape index (κ2) is 4.31. The number of rotatable bonds is 2. The van der Waals surface area contributed by atoms with Crippen LogP contribution < -0.4 is 5.73 Å². The third kappa shape index (κ3) is 1.81. The van der Waals surface area contributed by atoms with E-state index in [1.807, 2.05) is 24.3 Å². The Bertz CT molecular complexity index is 731. The van der Waals surface area contributed by atoms with Gasteiger partial charge in [-0.2, -0.15) is 4.68 Å². The van der Waals surface area contributed by atoms with E-state index in [1.54, 1.807) is 10.9 Å². The van der Waals surface area contributed by atoms with E-state index in [9.17, 15) is 0 Å². The minimum atomic E-state index is 0.235. The van der Waals surface area contributed by atoms with Crippen molar-refractivity contribution in [3.8, 4) is 5.69 Å². The average molecular weight is 254 g/mol. The van der Waals surface area contributed by atoms with Crippen LogP contribution in [0.3, 0.4) is 0 Å². The first-order valence-electron chi connectivity index (χ1n) is 6.10. The highest BCUT2D eigenvalue weighted by Crippen LogP contribution is 2.26. The molecular weight excluding hydrogens is 240 g/mol. The van der Waals surface area contributed by atoms with Crippen LogP contribution in [0.4, 0.5) is 5.69 Å². The first-order valence-corrected chi connectivity index (χ1v) is 6.10. The largest absolute Gasteiger partial charge is 0.397 e. The smallest absolute Gasteiger partial charge is 0.159 e. The van der Waals surface area contributed by atoms with E-state index in [-0.39, 0.29) is 5.92 Å². The number of anilines is 1. The summed E-state index contributed by atoms with van der Waals surface area (Å²) < 4.78 is 1.74. The van der Waals surface area contributed by atoms with Crippen molar-refractivity contribution >= 4 is 16.6 Å². The predicted molar refractivity (Wildman–Crippen MR) is 73.0 cm³/mol. The number of nitrogens with zero attached hydrogens (tertiary/aromatic N) is 5. The fourth-order valence-corrected chi connectivity index (χ4v) is 2.09. The number of benzene rings is 1. The Morgan fingerprint density at radius 3 is 2.84 bits per heavy atom. The maximum Gasteiger partial charge on any atom is 0.159 e. The van der Waals surface area contributed by atoms with E-state index in [0.29, 0.717) is 5.69 Å². The zero-order valence-electron chi connectivity index (χ0n) is 10.8. The first-order chi connectivity index (χ1) is 9.18. The lowest BCUT2D eigenvalue weighted by atomic mass is 10.1. The number of nitrogen functional groups attached to an aromatic ring is 1. The number of pyridine rings is 1. The fourth-order valence-electron chi connectivity index (χ4n) is 2.09. The summed E-state index contributed by atoms with van der Waals surface area (Å²) in [7, 11) is 0. The van der Waals surface area contributed by atoms with Crippen molar-refractivity contribution in [1.82, 2.24) is 25.2 Å². The van der Waals surface area contributed by atoms with Gasteiger partial charge in [0.1, 0.15) is 0 Å². The maximum atomic E-state index is 5.95. The normalized spacial score (nSPS) is 11.3. The summed E-state index contributed by atoms with van der Waals surface area (Å²) >= 11 is 0. The van der Waals surface area contributed by atoms with Crippen molar-refractivity contribution in [2.75, 3.05) is 5.73 Å². The molecule has 3 aromatic rings. The van der Waals surface area contributed by atoms with Gasteiger partial charge in [0.2, 0.25) is 0 Å². The van der Waals surface area contributed by atoms with Crippen molar-refractivity contribution in [3.05, 3.63) is 36.3 Å². The Balaban J connectivity index is 2.31. The highest BCUT2D eigenvalue weighted by atomic mass is 15.5. The Hall–Kier alpha value is -2.50. The molecule has 2 aromatic heterocycles. The van der Waals surface area contributed by atoms with Crippen molar-refractivity contribution in [3.63, 3.8) is 0 Å². The van der Waals surface area contributed by atoms with Crippen LogP contribution in [-0.2, 0) is 0 Å². The number of nitrogens with two attached hydrogens (primary N) is 1. The summed E-state index contributed by atoms with van der Waals surface area (Å²) in [6, 6.07) is 7.60. The zero-order chi connectivity index (χ0) is 13.4. The van der Waals surface area contributed by atoms with Gasteiger partial charge >= 0.3 is 0 Å². The molecule has 0 aliphatic heterocycles. The molecule has 0 spiro atoms. The van der Waals surface area contributed by atoms with Crippen LogP contribution in [0.5, 0.6) is 0 Å². The van der Waals surface area contributed by atoms with Gasteiger partial charge < -0.3 is 5.73 Å². The molecule has 0 unspecified atom stereocenters. The molecule has 0 fully saturated rings. The molecule has 6 heteroatoms. The summed E-state index contributed by atoms with van der Waals surface area (Å²) in [6.07, 6.45) is 1.73. The molecular formula is C13H14N6. The van der Waals surface area contributed by atoms with Gasteiger partial charge in [0.15, 0.2) is 5.82 Å². The van der Waals surface area contributed by atoms with Crippen LogP contribution in [0.1, 0.15) is 25.6 Å². The van der Waals surface area contributed by atoms with Crippen LogP contribution >= 0.6 is 0 Å². The molecule has 3 rings (SSSR count). The third-order valence-corrected chi connectivity index (χ3v) is 3.02. The molecule has 19 heavy (non-hydrogen) atoms. The van der Waals surface area contributed by atoms with Gasteiger partial charge in [0.25, 0.3) is 0 Å². The molecule has 0 atom stereocenters. The van der Waals surface area contributed by atoms with E-state index >= 15 is 0 Å². The van der Waals surface area contributed by atoms with Gasteiger partial charge in [-0.15, -0.1) is 5.10 Å². The van der Waals surface area contributed by atoms with Gasteiger partial charge in [0, 0.05) is 17.5 Å². The number of hydrogen-bond acceptors (Lipinski definition) is 5. The second-order valence-electron chi connectivity index (χ2n) is 4.68. The summed E-state index contributed by atoms with van der Waals surface area (Å²) in [5.41, 5.74) is 8.27. The Morgan fingerprint density at radius 1 is 1.21 bits per heavy atom. The molecule has 0 amide bonds. The molecule has 0 bridgehead atoms. The van der Waals surface area contributed by atoms with Crippen LogP contribution in [0, 0.1) is 0 Å². The number of aromatic nitrogens is 5. The molecule has 0 saturated heterocycles. The molecule has 96 valence electrons. The number of hydrogen-bond donors (Lipinski definition) is 1. The third-order valence-electron chi connectivity index (χ3n) is 3.02. The van der Waals surface area contributed by atoms with Crippen LogP contribution in [0.25, 0.3) is 16.6 Å². The topological polar surface area (TPSA) is 82.5 Å². The summed E-state index contributed by atoms with van der Waals surface area (Å²) in [5, 5.41) is 12.8. The predicted octanol–water partition coefficient (Wildman–Crippen LogP) is 1.92. The summed E-state index contributed by atoms with van der Waals surface area (Å²) in [4.78, 5) is 4.32. The Morgan fingerprint density at radius 2 is 2.05 bits per heavy atom. The number of fused-ring (bicyclic) bond motifs is 1. The van der Waals surface area contributed by atoms with Crippen LogP contribution in [-0.4, -0.2) is 25.2 Å². The van der Waals surface area contributed by atoms with Gasteiger partial charge in [-0.25, -0.2) is 0 Å². The van der Waals surface area contributed by atoms with Crippen molar-refractivity contribution < 1.29 is 0 Å². The van der Waals surface area contributed by atoms with E-state index < -0.39 is 0 Å². The molecule has 0 aliphatic carbocycles. The minimum absolute atomic E-state index is 0.235. The Kier molecular flexibility index (Phi) is 2.63. The lowest BCUT2D eigenvalue weighted by Crippen LogP contribution is -2.06. The molecule has 2 heterocycles. The zero-order valence-corrected chi connectivity index (χ0v) is 10.8. The van der Waals surface area contributed by atoms with Gasteiger partial charge in [-0.1, -0.05) is 13.8 Å². The first kappa shape index (κ1) is 11.6. The summed E-state index contributed by atoms with van der Waals surface area (Å²) in [5.74, 6) is 1.05. The highest BCUT2D eigenvalue weighted by Gasteiger charge is 2.14. The van der Waals surface area contributed by atoms with E-state index in [1.165, 1.54) is 0 Å². The maximum absolute atomic E-state index is 5.95. The fraction of sp³-hybridized carbons (Fsp3) is 0.231. The summed E-state index contributed by atoms with van der Waals surface area (Å²) in [6.45, 7) is 4.11. The molecule has 6 nitrogen and oxygen atoms in total. The van der Waals surface area contributed by atoms with Crippen molar-refractivity contribution in [1.29, 1.82) is 0 Å². The quantitative estimate of drug-likeness (QED) is 0.706. The van der Waals surface area contributed by atoms with Gasteiger partial charge in [-0.05, 0) is 34.7 Å². The molecule has 0 radical (unpaired) electrons. The SMILES string of the molecule is CC(C)c1nnnn1-c1ccc(N)c2ncccc12. The average Bonchev–Trinajstić information content (AvgIpc) is 2.89.